The third-order valence-corrected chi connectivity index (χ3v) is 4.76. The van der Waals surface area contributed by atoms with Crippen molar-refractivity contribution in [3.05, 3.63) is 89.2 Å². The van der Waals surface area contributed by atoms with Crippen LogP contribution in [0, 0.1) is 6.92 Å². The van der Waals surface area contributed by atoms with Gasteiger partial charge in [0.1, 0.15) is 0 Å². The summed E-state index contributed by atoms with van der Waals surface area (Å²) in [6.45, 7) is 1.68. The summed E-state index contributed by atoms with van der Waals surface area (Å²) < 4.78 is 50.6. The second kappa shape index (κ2) is 8.73. The number of aliphatic carboxylic acids is 1. The number of aromatic nitrogens is 2. The predicted molar refractivity (Wildman–Crippen MR) is 104 cm³/mol. The van der Waals surface area contributed by atoms with E-state index in [0.29, 0.717) is 11.3 Å². The molecule has 0 aliphatic carbocycles. The summed E-state index contributed by atoms with van der Waals surface area (Å²) in [6, 6.07) is 13.8. The van der Waals surface area contributed by atoms with Crippen LogP contribution in [0.25, 0.3) is 0 Å². The summed E-state index contributed by atoms with van der Waals surface area (Å²) in [5.74, 6) is -1.41. The lowest BCUT2D eigenvalue weighted by atomic mass is 9.80. The smallest absolute Gasteiger partial charge is 0.416 e. The normalized spacial score (nSPS) is 14.5. The number of hydrogen-bond acceptors (Lipinski definition) is 5. The summed E-state index contributed by atoms with van der Waals surface area (Å²) in [6.07, 6.45) is -4.84. The highest BCUT2D eigenvalue weighted by Crippen LogP contribution is 2.40. The first-order chi connectivity index (χ1) is 14.7. The third-order valence-electron chi connectivity index (χ3n) is 4.76. The van der Waals surface area contributed by atoms with Gasteiger partial charge in [-0.05, 0) is 36.2 Å². The Morgan fingerprint density at radius 2 is 1.55 bits per heavy atom. The number of ether oxygens (including phenoxy) is 2. The largest absolute Gasteiger partial charge is 0.478 e. The van der Waals surface area contributed by atoms with Gasteiger partial charge in [0.15, 0.2) is 5.60 Å². The van der Waals surface area contributed by atoms with Crippen molar-refractivity contribution in [1.29, 1.82) is 0 Å². The van der Waals surface area contributed by atoms with Crippen molar-refractivity contribution < 1.29 is 32.5 Å². The van der Waals surface area contributed by atoms with Gasteiger partial charge >= 0.3 is 18.2 Å². The second-order valence-corrected chi connectivity index (χ2v) is 6.70. The van der Waals surface area contributed by atoms with Crippen molar-refractivity contribution in [1.82, 2.24) is 9.97 Å². The summed E-state index contributed by atoms with van der Waals surface area (Å²) in [7, 11) is 1.26. The van der Waals surface area contributed by atoms with Crippen LogP contribution in [0.2, 0.25) is 0 Å². The Morgan fingerprint density at radius 1 is 0.968 bits per heavy atom. The van der Waals surface area contributed by atoms with Crippen molar-refractivity contribution in [2.45, 2.75) is 24.8 Å². The molecule has 9 heteroatoms. The number of methoxy groups -OCH3 is 1. The number of nitrogens with zero attached hydrogens (tertiary/aromatic N) is 2. The molecule has 0 amide bonds. The average molecular weight is 432 g/mol. The van der Waals surface area contributed by atoms with Crippen molar-refractivity contribution in [3.63, 3.8) is 0 Å². The summed E-state index contributed by atoms with van der Waals surface area (Å²) in [4.78, 5) is 20.3. The number of hydrogen-bond donors (Lipinski definition) is 1. The van der Waals surface area contributed by atoms with Crippen molar-refractivity contribution in [3.8, 4) is 6.01 Å². The molecule has 0 saturated carbocycles. The molecule has 0 aliphatic heterocycles. The molecule has 0 radical (unpaired) electrons. The first kappa shape index (κ1) is 22.2. The second-order valence-electron chi connectivity index (χ2n) is 6.70. The van der Waals surface area contributed by atoms with Crippen LogP contribution >= 0.6 is 0 Å². The molecule has 0 bridgehead atoms. The lowest BCUT2D eigenvalue weighted by Crippen LogP contribution is -2.50. The van der Waals surface area contributed by atoms with Crippen LogP contribution in [-0.4, -0.2) is 34.3 Å². The maximum Gasteiger partial charge on any atom is 0.416 e. The fraction of sp³-hybridized carbons (Fsp3) is 0.227. The molecule has 2 aromatic carbocycles. The van der Waals surface area contributed by atoms with Crippen LogP contribution in [0.3, 0.4) is 0 Å². The quantitative estimate of drug-likeness (QED) is 0.602. The van der Waals surface area contributed by atoms with Crippen LogP contribution in [0.5, 0.6) is 6.01 Å². The number of carboxylic acids is 1. The van der Waals surface area contributed by atoms with Gasteiger partial charge in [0, 0.05) is 19.0 Å². The molecule has 3 rings (SSSR count). The fourth-order valence-corrected chi connectivity index (χ4v) is 3.30. The van der Waals surface area contributed by atoms with E-state index in [1.54, 1.807) is 43.3 Å². The lowest BCUT2D eigenvalue weighted by Gasteiger charge is -2.37. The maximum absolute atomic E-state index is 13.1. The molecular formula is C22H19F3N2O4. The van der Waals surface area contributed by atoms with E-state index in [-0.39, 0.29) is 11.6 Å². The summed E-state index contributed by atoms with van der Waals surface area (Å²) >= 11 is 0. The van der Waals surface area contributed by atoms with Gasteiger partial charge in [0.25, 0.3) is 0 Å². The number of benzene rings is 2. The molecule has 0 fully saturated rings. The molecule has 6 nitrogen and oxygen atoms in total. The Kier molecular flexibility index (Phi) is 6.26. The van der Waals surface area contributed by atoms with Gasteiger partial charge in [0.2, 0.25) is 6.10 Å². The van der Waals surface area contributed by atoms with Crippen LogP contribution in [0.1, 0.15) is 22.4 Å². The van der Waals surface area contributed by atoms with Crippen molar-refractivity contribution in [2.75, 3.05) is 7.11 Å². The number of rotatable bonds is 7. The summed E-state index contributed by atoms with van der Waals surface area (Å²) in [5, 5.41) is 10.0. The zero-order chi connectivity index (χ0) is 22.6. The molecule has 0 unspecified atom stereocenters. The number of carboxylic acid groups (broad SMARTS) is 1. The van der Waals surface area contributed by atoms with Crippen LogP contribution in [-0.2, 0) is 21.3 Å². The number of aryl methyl sites for hydroxylation is 1. The summed E-state index contributed by atoms with van der Waals surface area (Å²) in [5.41, 5.74) is -1.58. The van der Waals surface area contributed by atoms with Crippen LogP contribution in [0.15, 0.2) is 66.9 Å². The van der Waals surface area contributed by atoms with E-state index in [0.717, 1.165) is 12.1 Å². The molecule has 1 N–H and O–H groups in total. The average Bonchev–Trinajstić information content (AvgIpc) is 2.74. The molecule has 0 aliphatic rings. The molecular weight excluding hydrogens is 413 g/mol. The van der Waals surface area contributed by atoms with Gasteiger partial charge in [-0.2, -0.15) is 13.2 Å². The third kappa shape index (κ3) is 4.51. The highest BCUT2D eigenvalue weighted by atomic mass is 19.4. The van der Waals surface area contributed by atoms with E-state index in [2.05, 4.69) is 9.97 Å². The van der Waals surface area contributed by atoms with Gasteiger partial charge in [-0.1, -0.05) is 42.5 Å². The number of alkyl halides is 3. The SMILES string of the molecule is CO[C@](c1ccccc1)(c1ccc(C(F)(F)F)cc1)[C@@H](Oc1nccc(C)n1)C(=O)O. The van der Waals surface area contributed by atoms with Gasteiger partial charge in [-0.25, -0.2) is 14.8 Å². The maximum atomic E-state index is 13.1. The minimum absolute atomic E-state index is 0.161. The first-order valence-corrected chi connectivity index (χ1v) is 9.16. The molecule has 2 atom stereocenters. The highest BCUT2D eigenvalue weighted by molar-refractivity contribution is 5.76. The Labute approximate surface area is 176 Å². The fourth-order valence-electron chi connectivity index (χ4n) is 3.30. The molecule has 1 aromatic heterocycles. The lowest BCUT2D eigenvalue weighted by molar-refractivity contribution is -0.160. The number of carbonyl (C=O) groups is 1. The van der Waals surface area contributed by atoms with E-state index in [1.807, 2.05) is 0 Å². The van der Waals surface area contributed by atoms with Crippen LogP contribution in [0.4, 0.5) is 13.2 Å². The zero-order valence-corrected chi connectivity index (χ0v) is 16.6. The van der Waals surface area contributed by atoms with E-state index in [1.165, 1.54) is 25.4 Å². The minimum atomic E-state index is -4.54. The Balaban J connectivity index is 2.20. The van der Waals surface area contributed by atoms with Crippen molar-refractivity contribution >= 4 is 5.97 Å². The Hall–Kier alpha value is -3.46. The highest BCUT2D eigenvalue weighted by Gasteiger charge is 2.49. The van der Waals surface area contributed by atoms with Crippen LogP contribution < -0.4 is 4.74 Å². The molecule has 1 heterocycles. The topological polar surface area (TPSA) is 81.5 Å². The van der Waals surface area contributed by atoms with Gasteiger partial charge in [-0.15, -0.1) is 0 Å². The molecule has 162 valence electrons. The standard InChI is InChI=1S/C22H19F3N2O4/c1-14-12-13-26-20(27-14)31-18(19(28)29)21(30-2,15-6-4-3-5-7-15)16-8-10-17(11-9-16)22(23,24)25/h3-13,18H,1-2H3,(H,28,29)/t18-,21+/m0/s1. The molecule has 31 heavy (non-hydrogen) atoms. The zero-order valence-electron chi connectivity index (χ0n) is 16.6. The van der Waals surface area contributed by atoms with E-state index >= 15 is 0 Å². The Bertz CT molecular complexity index is 1040. The first-order valence-electron chi connectivity index (χ1n) is 9.16. The van der Waals surface area contributed by atoms with E-state index in [9.17, 15) is 23.1 Å². The predicted octanol–water partition coefficient (Wildman–Crippen LogP) is 4.23. The van der Waals surface area contributed by atoms with E-state index < -0.39 is 29.4 Å². The molecule has 3 aromatic rings. The molecule has 0 spiro atoms. The Morgan fingerprint density at radius 3 is 2.06 bits per heavy atom. The van der Waals surface area contributed by atoms with E-state index in [4.69, 9.17) is 9.47 Å². The van der Waals surface area contributed by atoms with Crippen molar-refractivity contribution in [2.24, 2.45) is 0 Å². The minimum Gasteiger partial charge on any atom is -0.478 e. The number of halogens is 3. The van der Waals surface area contributed by atoms with Gasteiger partial charge < -0.3 is 14.6 Å². The monoisotopic (exact) mass is 432 g/mol. The van der Waals surface area contributed by atoms with Gasteiger partial charge in [-0.3, -0.25) is 0 Å². The molecule has 0 saturated heterocycles. The van der Waals surface area contributed by atoms with Gasteiger partial charge in [0.05, 0.1) is 5.56 Å².